The molecule has 28 heavy (non-hydrogen) atoms. The molecule has 2 aliphatic rings. The van der Waals surface area contributed by atoms with Crippen molar-refractivity contribution >= 4 is 26.6 Å². The summed E-state index contributed by atoms with van der Waals surface area (Å²) in [5.74, 6) is 2.50. The summed E-state index contributed by atoms with van der Waals surface area (Å²) in [7, 11) is -3.21. The highest BCUT2D eigenvalue weighted by atomic mass is 32.2. The molecule has 1 N–H and O–H groups in total. The summed E-state index contributed by atoms with van der Waals surface area (Å²) in [5, 5.41) is 3.51. The second-order valence-electron chi connectivity index (χ2n) is 7.75. The van der Waals surface area contributed by atoms with Gasteiger partial charge in [0.15, 0.2) is 9.84 Å². The minimum atomic E-state index is -3.21. The summed E-state index contributed by atoms with van der Waals surface area (Å²) in [6.45, 7) is 2.49. The zero-order chi connectivity index (χ0) is 19.3. The van der Waals surface area contributed by atoms with Crippen molar-refractivity contribution in [2.75, 3.05) is 24.7 Å². The van der Waals surface area contributed by atoms with Crippen LogP contribution in [0.15, 0.2) is 41.3 Å². The Balaban J connectivity index is 1.59. The average molecular weight is 398 g/mol. The number of hydrogen-bond donors (Lipinski definition) is 1. The number of sulfone groups is 1. The number of rotatable bonds is 5. The third-order valence-electron chi connectivity index (χ3n) is 5.42. The number of benzene rings is 2. The number of anilines is 1. The molecular formula is C21H23N3O3S. The topological polar surface area (TPSA) is 73.2 Å². The summed E-state index contributed by atoms with van der Waals surface area (Å²) in [6, 6.07) is 11.1. The number of nitrogens with one attached hydrogen (secondary N) is 1. The molecule has 0 amide bonds. The van der Waals surface area contributed by atoms with Gasteiger partial charge in [-0.15, -0.1) is 0 Å². The molecular weight excluding hydrogens is 374 g/mol. The number of hydrogen-bond acceptors (Lipinski definition) is 5. The Hall–Kier alpha value is -2.54. The van der Waals surface area contributed by atoms with Gasteiger partial charge in [-0.05, 0) is 55.5 Å². The molecule has 1 aliphatic carbocycles. The van der Waals surface area contributed by atoms with Crippen molar-refractivity contribution in [2.24, 2.45) is 5.92 Å². The Bertz CT molecular complexity index is 1150. The number of nitrogens with zero attached hydrogens (tertiary/aromatic N) is 2. The highest BCUT2D eigenvalue weighted by molar-refractivity contribution is 7.90. The maximum Gasteiger partial charge on any atom is 0.175 e. The van der Waals surface area contributed by atoms with Crippen LogP contribution in [0.1, 0.15) is 19.3 Å². The van der Waals surface area contributed by atoms with Crippen LogP contribution in [0.25, 0.3) is 22.4 Å². The molecule has 3 aromatic rings. The largest absolute Gasteiger partial charge is 0.491 e. The van der Waals surface area contributed by atoms with E-state index in [2.05, 4.69) is 22.0 Å². The van der Waals surface area contributed by atoms with Gasteiger partial charge in [-0.25, -0.2) is 13.4 Å². The van der Waals surface area contributed by atoms with Gasteiger partial charge in [-0.3, -0.25) is 0 Å². The van der Waals surface area contributed by atoms with E-state index >= 15 is 0 Å². The Morgan fingerprint density at radius 2 is 2.00 bits per heavy atom. The summed E-state index contributed by atoms with van der Waals surface area (Å²) in [5.41, 5.74) is 3.86. The Kier molecular flexibility index (Phi) is 4.08. The molecule has 0 bridgehead atoms. The molecule has 6 nitrogen and oxygen atoms in total. The first-order chi connectivity index (χ1) is 13.5. The van der Waals surface area contributed by atoms with Gasteiger partial charge in [0.1, 0.15) is 17.1 Å². The van der Waals surface area contributed by atoms with E-state index in [9.17, 15) is 8.42 Å². The van der Waals surface area contributed by atoms with Gasteiger partial charge in [-0.2, -0.15) is 0 Å². The highest BCUT2D eigenvalue weighted by Crippen LogP contribution is 2.37. The van der Waals surface area contributed by atoms with Crippen molar-refractivity contribution in [1.29, 1.82) is 0 Å². The Morgan fingerprint density at radius 3 is 2.71 bits per heavy atom. The average Bonchev–Trinajstić information content (AvgIpc) is 3.45. The molecule has 2 aromatic carbocycles. The summed E-state index contributed by atoms with van der Waals surface area (Å²) >= 11 is 0. The lowest BCUT2D eigenvalue weighted by Crippen LogP contribution is -2.03. The minimum absolute atomic E-state index is 0.318. The predicted octanol–water partition coefficient (Wildman–Crippen LogP) is 3.71. The van der Waals surface area contributed by atoms with Crippen LogP contribution in [0, 0.1) is 5.92 Å². The first kappa shape index (κ1) is 17.6. The minimum Gasteiger partial charge on any atom is -0.491 e. The van der Waals surface area contributed by atoms with E-state index in [0.717, 1.165) is 59.3 Å². The van der Waals surface area contributed by atoms with Gasteiger partial charge in [0.25, 0.3) is 0 Å². The number of ether oxygens (including phenoxy) is 1. The molecule has 7 heteroatoms. The normalized spacial score (nSPS) is 16.6. The molecule has 0 spiro atoms. The maximum atomic E-state index is 11.8. The lowest BCUT2D eigenvalue weighted by molar-refractivity contribution is 0.316. The van der Waals surface area contributed by atoms with Gasteiger partial charge in [0, 0.05) is 36.7 Å². The first-order valence-corrected chi connectivity index (χ1v) is 11.6. The second kappa shape index (κ2) is 6.51. The van der Waals surface area contributed by atoms with Crippen molar-refractivity contribution < 1.29 is 13.2 Å². The van der Waals surface area contributed by atoms with Crippen molar-refractivity contribution in [1.82, 2.24) is 9.55 Å². The molecule has 2 heterocycles. The van der Waals surface area contributed by atoms with Gasteiger partial charge in [0.2, 0.25) is 0 Å². The smallest absolute Gasteiger partial charge is 0.175 e. The Morgan fingerprint density at radius 1 is 1.21 bits per heavy atom. The van der Waals surface area contributed by atoms with Crippen molar-refractivity contribution in [3.8, 4) is 17.1 Å². The van der Waals surface area contributed by atoms with Gasteiger partial charge >= 0.3 is 0 Å². The summed E-state index contributed by atoms with van der Waals surface area (Å²) < 4.78 is 31.7. The summed E-state index contributed by atoms with van der Waals surface area (Å²) in [6.07, 6.45) is 4.74. The molecule has 0 unspecified atom stereocenters. The number of imidazole rings is 1. The van der Waals surface area contributed by atoms with E-state index < -0.39 is 9.84 Å². The fourth-order valence-corrected chi connectivity index (χ4v) is 4.35. The van der Waals surface area contributed by atoms with E-state index in [4.69, 9.17) is 9.72 Å². The van der Waals surface area contributed by atoms with Crippen molar-refractivity contribution in [3.05, 3.63) is 36.4 Å². The summed E-state index contributed by atoms with van der Waals surface area (Å²) in [4.78, 5) is 5.20. The lowest BCUT2D eigenvalue weighted by atomic mass is 10.2. The van der Waals surface area contributed by atoms with E-state index in [1.54, 1.807) is 12.1 Å². The van der Waals surface area contributed by atoms with Crippen LogP contribution in [-0.4, -0.2) is 37.4 Å². The van der Waals surface area contributed by atoms with Crippen molar-refractivity contribution in [2.45, 2.75) is 30.7 Å². The zero-order valence-corrected chi connectivity index (χ0v) is 16.6. The molecule has 0 radical (unpaired) electrons. The molecule has 0 saturated heterocycles. The predicted molar refractivity (Wildman–Crippen MR) is 110 cm³/mol. The van der Waals surface area contributed by atoms with E-state index in [0.29, 0.717) is 11.5 Å². The molecule has 1 aromatic heterocycles. The van der Waals surface area contributed by atoms with Crippen LogP contribution >= 0.6 is 0 Å². The third kappa shape index (κ3) is 3.24. The van der Waals surface area contributed by atoms with E-state index in [-0.39, 0.29) is 0 Å². The van der Waals surface area contributed by atoms with Gasteiger partial charge in [0.05, 0.1) is 17.0 Å². The Labute approximate surface area is 164 Å². The second-order valence-corrected chi connectivity index (χ2v) is 9.77. The quantitative estimate of drug-likeness (QED) is 0.710. The fourth-order valence-electron chi connectivity index (χ4n) is 3.72. The third-order valence-corrected chi connectivity index (χ3v) is 6.55. The van der Waals surface area contributed by atoms with Crippen LogP contribution in [0.4, 0.5) is 5.69 Å². The van der Waals surface area contributed by atoms with Gasteiger partial charge < -0.3 is 14.6 Å². The van der Waals surface area contributed by atoms with Gasteiger partial charge in [-0.1, -0.05) is 0 Å². The monoisotopic (exact) mass is 397 g/mol. The first-order valence-electron chi connectivity index (χ1n) is 9.70. The number of aryl methyl sites for hydroxylation is 1. The molecule has 1 fully saturated rings. The zero-order valence-electron chi connectivity index (χ0n) is 15.8. The maximum absolute atomic E-state index is 11.8. The van der Waals surface area contributed by atoms with Crippen LogP contribution < -0.4 is 10.1 Å². The standard InChI is InChI=1S/C21H23N3O3S/c1-28(25,26)17-7-5-15(6-8-17)21-23-18-11-16(22-13-14-3-4-14)12-19-20(18)24(21)9-2-10-27-19/h5-8,11-12,14,22H,2-4,9-10,13H2,1H3. The SMILES string of the molecule is CS(=O)(=O)c1ccc(-c2nc3cc(NCC4CC4)cc4c3n2CCCO4)cc1. The van der Waals surface area contributed by atoms with Crippen LogP contribution in [-0.2, 0) is 16.4 Å². The molecule has 5 rings (SSSR count). The molecule has 0 atom stereocenters. The molecule has 1 aliphatic heterocycles. The van der Waals surface area contributed by atoms with Crippen LogP contribution in [0.3, 0.4) is 0 Å². The molecule has 1 saturated carbocycles. The highest BCUT2D eigenvalue weighted by Gasteiger charge is 2.23. The van der Waals surface area contributed by atoms with Crippen molar-refractivity contribution in [3.63, 3.8) is 0 Å². The molecule has 146 valence electrons. The van der Waals surface area contributed by atoms with Crippen LogP contribution in [0.5, 0.6) is 5.75 Å². The number of aromatic nitrogens is 2. The fraction of sp³-hybridized carbons (Fsp3) is 0.381. The van der Waals surface area contributed by atoms with E-state index in [1.165, 1.54) is 19.1 Å². The van der Waals surface area contributed by atoms with E-state index in [1.807, 2.05) is 12.1 Å². The van der Waals surface area contributed by atoms with Crippen LogP contribution in [0.2, 0.25) is 0 Å². The lowest BCUT2D eigenvalue weighted by Gasteiger charge is -2.10.